The zero-order chi connectivity index (χ0) is 33.6. The van der Waals surface area contributed by atoms with Gasteiger partial charge in [-0.3, -0.25) is 0 Å². The molecule has 0 bridgehead atoms. The van der Waals surface area contributed by atoms with Crippen LogP contribution in [-0.4, -0.2) is 0 Å². The predicted molar refractivity (Wildman–Crippen MR) is 204 cm³/mol. The molecule has 1 heterocycles. The first-order valence-corrected chi connectivity index (χ1v) is 16.5. The van der Waals surface area contributed by atoms with E-state index in [1.165, 1.54) is 0 Å². The van der Waals surface area contributed by atoms with E-state index in [0.717, 1.165) is 82.8 Å². The van der Waals surface area contributed by atoms with Gasteiger partial charge in [-0.15, -0.1) is 0 Å². The molecule has 232 valence electrons. The van der Waals surface area contributed by atoms with Crippen LogP contribution in [0.25, 0.3) is 65.7 Å². The molecule has 50 heavy (non-hydrogen) atoms. The molecule has 0 aliphatic carbocycles. The van der Waals surface area contributed by atoms with E-state index in [1.54, 1.807) is 0 Å². The number of nitriles is 2. The van der Waals surface area contributed by atoms with Crippen LogP contribution in [-0.2, 0) is 0 Å². The van der Waals surface area contributed by atoms with Gasteiger partial charge in [0.1, 0.15) is 5.58 Å². The van der Waals surface area contributed by atoms with Gasteiger partial charge in [-0.1, -0.05) is 115 Å². The fraction of sp³-hybridized carbons (Fsp3) is 0. The second kappa shape index (κ2) is 11.8. The summed E-state index contributed by atoms with van der Waals surface area (Å²) in [6.07, 6.45) is 0. The maximum Gasteiger partial charge on any atom is 0.159 e. The fourth-order valence-electron chi connectivity index (χ4n) is 7.21. The van der Waals surface area contributed by atoms with E-state index in [-0.39, 0.29) is 0 Å². The van der Waals surface area contributed by atoms with Crippen molar-refractivity contribution in [1.29, 1.82) is 10.5 Å². The highest BCUT2D eigenvalue weighted by Gasteiger charge is 2.20. The highest BCUT2D eigenvalue weighted by molar-refractivity contribution is 6.10. The summed E-state index contributed by atoms with van der Waals surface area (Å²) in [5.41, 5.74) is 10.2. The Morgan fingerprint density at radius 1 is 0.400 bits per heavy atom. The molecule has 0 N–H and O–H groups in total. The molecule has 9 aromatic rings. The minimum absolute atomic E-state index is 0.670. The lowest BCUT2D eigenvalue weighted by Crippen LogP contribution is -2.10. The Morgan fingerprint density at radius 3 is 1.38 bits per heavy atom. The van der Waals surface area contributed by atoms with Gasteiger partial charge in [0.2, 0.25) is 0 Å². The van der Waals surface area contributed by atoms with Crippen molar-refractivity contribution in [3.8, 4) is 34.4 Å². The highest BCUT2D eigenvalue weighted by Crippen LogP contribution is 2.43. The molecule has 0 unspecified atom stereocenters. The molecular weight excluding hydrogens is 611 g/mol. The number of hydrogen-bond acceptors (Lipinski definition) is 4. The van der Waals surface area contributed by atoms with Gasteiger partial charge >= 0.3 is 0 Å². The maximum absolute atomic E-state index is 9.71. The molecule has 0 radical (unpaired) electrons. The van der Waals surface area contributed by atoms with Gasteiger partial charge in [0, 0.05) is 32.9 Å². The quantitative estimate of drug-likeness (QED) is 0.188. The molecule has 0 spiro atoms. The zero-order valence-electron chi connectivity index (χ0n) is 26.8. The summed E-state index contributed by atoms with van der Waals surface area (Å²) in [6, 6.07) is 60.3. The summed E-state index contributed by atoms with van der Waals surface area (Å²) >= 11 is 0. The second-order valence-electron chi connectivity index (χ2n) is 12.3. The number of furan rings is 1. The standard InChI is InChI=1S/C46H27N3O/c47-28-32-20-26-38(40-10-3-1-8-36(32)40)30-16-22-34(23-17-30)49(44-14-7-13-43-42-12-5-6-15-45(42)50-46(43)44)35-24-18-31(19-25-35)39-27-21-33(29-48)37-9-2-4-11-41(37)39/h1-27H. The summed E-state index contributed by atoms with van der Waals surface area (Å²) in [5.74, 6) is 0. The van der Waals surface area contributed by atoms with Crippen molar-refractivity contribution < 1.29 is 4.42 Å². The third-order valence-electron chi connectivity index (χ3n) is 9.59. The Balaban J connectivity index is 1.19. The van der Waals surface area contributed by atoms with Crippen molar-refractivity contribution >= 4 is 60.5 Å². The molecule has 0 aliphatic heterocycles. The van der Waals surface area contributed by atoms with E-state index in [9.17, 15) is 10.5 Å². The average Bonchev–Trinajstić information content (AvgIpc) is 3.57. The Labute approximate surface area is 288 Å². The first kappa shape index (κ1) is 29.0. The van der Waals surface area contributed by atoms with Crippen LogP contribution in [0.3, 0.4) is 0 Å². The van der Waals surface area contributed by atoms with Crippen molar-refractivity contribution in [3.05, 3.63) is 175 Å². The normalized spacial score (nSPS) is 11.2. The predicted octanol–water partition coefficient (Wildman–Crippen LogP) is 12.4. The van der Waals surface area contributed by atoms with Gasteiger partial charge in [-0.05, 0) is 81.6 Å². The summed E-state index contributed by atoms with van der Waals surface area (Å²) in [6.45, 7) is 0. The molecule has 0 saturated carbocycles. The van der Waals surface area contributed by atoms with Gasteiger partial charge < -0.3 is 9.32 Å². The third kappa shape index (κ3) is 4.67. The molecule has 4 heteroatoms. The summed E-state index contributed by atoms with van der Waals surface area (Å²) < 4.78 is 6.54. The summed E-state index contributed by atoms with van der Waals surface area (Å²) in [5, 5.41) is 25.6. The first-order chi connectivity index (χ1) is 24.7. The number of rotatable bonds is 5. The van der Waals surface area contributed by atoms with Crippen LogP contribution in [0.1, 0.15) is 11.1 Å². The highest BCUT2D eigenvalue weighted by atomic mass is 16.3. The van der Waals surface area contributed by atoms with Gasteiger partial charge in [0.25, 0.3) is 0 Å². The van der Waals surface area contributed by atoms with Gasteiger partial charge in [-0.2, -0.15) is 10.5 Å². The summed E-state index contributed by atoms with van der Waals surface area (Å²) in [7, 11) is 0. The van der Waals surface area contributed by atoms with Crippen LogP contribution in [0.4, 0.5) is 17.1 Å². The van der Waals surface area contributed by atoms with Crippen molar-refractivity contribution in [2.24, 2.45) is 0 Å². The minimum Gasteiger partial charge on any atom is -0.454 e. The molecule has 0 aliphatic rings. The molecule has 8 aromatic carbocycles. The molecule has 9 rings (SSSR count). The van der Waals surface area contributed by atoms with E-state index in [2.05, 4.69) is 102 Å². The van der Waals surface area contributed by atoms with Crippen LogP contribution in [0, 0.1) is 22.7 Å². The number of nitrogens with zero attached hydrogens (tertiary/aromatic N) is 3. The van der Waals surface area contributed by atoms with Crippen LogP contribution >= 0.6 is 0 Å². The summed E-state index contributed by atoms with van der Waals surface area (Å²) in [4.78, 5) is 2.24. The molecule has 0 atom stereocenters. The smallest absolute Gasteiger partial charge is 0.159 e. The number of fused-ring (bicyclic) bond motifs is 5. The van der Waals surface area contributed by atoms with Gasteiger partial charge in [-0.25, -0.2) is 0 Å². The Morgan fingerprint density at radius 2 is 0.860 bits per heavy atom. The Hall–Kier alpha value is -7.14. The van der Waals surface area contributed by atoms with E-state index in [1.807, 2.05) is 78.9 Å². The lowest BCUT2D eigenvalue weighted by atomic mass is 9.95. The number of anilines is 3. The lowest BCUT2D eigenvalue weighted by molar-refractivity contribution is 0.669. The van der Waals surface area contributed by atoms with Crippen molar-refractivity contribution in [2.75, 3.05) is 4.90 Å². The number of benzene rings is 8. The zero-order valence-corrected chi connectivity index (χ0v) is 26.8. The molecular formula is C46H27N3O. The SMILES string of the molecule is N#Cc1ccc(-c2ccc(N(c3ccc(-c4ccc(C#N)c5ccccc45)cc3)c3cccc4c3oc3ccccc34)cc2)c2ccccc12. The van der Waals surface area contributed by atoms with Gasteiger partial charge in [0.05, 0.1) is 29.0 Å². The van der Waals surface area contributed by atoms with Crippen LogP contribution in [0.15, 0.2) is 168 Å². The van der Waals surface area contributed by atoms with Gasteiger partial charge in [0.15, 0.2) is 5.58 Å². The van der Waals surface area contributed by atoms with Crippen molar-refractivity contribution in [2.45, 2.75) is 0 Å². The maximum atomic E-state index is 9.71. The fourth-order valence-corrected chi connectivity index (χ4v) is 7.21. The minimum atomic E-state index is 0.670. The Bertz CT molecular complexity index is 2690. The third-order valence-corrected chi connectivity index (χ3v) is 9.59. The molecule has 4 nitrogen and oxygen atoms in total. The van der Waals surface area contributed by atoms with Crippen LogP contribution < -0.4 is 4.90 Å². The van der Waals surface area contributed by atoms with Crippen molar-refractivity contribution in [3.63, 3.8) is 0 Å². The second-order valence-corrected chi connectivity index (χ2v) is 12.3. The average molecular weight is 638 g/mol. The lowest BCUT2D eigenvalue weighted by Gasteiger charge is -2.26. The van der Waals surface area contributed by atoms with Crippen molar-refractivity contribution in [1.82, 2.24) is 0 Å². The monoisotopic (exact) mass is 637 g/mol. The van der Waals surface area contributed by atoms with Crippen LogP contribution in [0.2, 0.25) is 0 Å². The Kier molecular flexibility index (Phi) is 6.87. The topological polar surface area (TPSA) is 64.0 Å². The number of hydrogen-bond donors (Lipinski definition) is 0. The van der Waals surface area contributed by atoms with E-state index in [0.29, 0.717) is 11.1 Å². The number of para-hydroxylation sites is 2. The van der Waals surface area contributed by atoms with Crippen LogP contribution in [0.5, 0.6) is 0 Å². The molecule has 0 amide bonds. The molecule has 1 aromatic heterocycles. The first-order valence-electron chi connectivity index (χ1n) is 16.5. The van der Waals surface area contributed by atoms with E-state index < -0.39 is 0 Å². The molecule has 0 saturated heterocycles. The largest absolute Gasteiger partial charge is 0.454 e. The van der Waals surface area contributed by atoms with E-state index >= 15 is 0 Å². The molecule has 0 fully saturated rings. The van der Waals surface area contributed by atoms with E-state index in [4.69, 9.17) is 4.42 Å².